The van der Waals surface area contributed by atoms with Gasteiger partial charge in [-0.25, -0.2) is 4.98 Å². The second-order valence-electron chi connectivity index (χ2n) is 5.85. The zero-order valence-corrected chi connectivity index (χ0v) is 13.9. The molecule has 0 fully saturated rings. The smallest absolute Gasteiger partial charge is 0.276 e. The van der Waals surface area contributed by atoms with Crippen molar-refractivity contribution in [1.82, 2.24) is 19.7 Å². The number of hydrogen-bond donors (Lipinski definition) is 1. The predicted octanol–water partition coefficient (Wildman–Crippen LogP) is 3.35. The molecule has 122 valence electrons. The van der Waals surface area contributed by atoms with Crippen LogP contribution in [0.2, 0.25) is 0 Å². The first-order valence-corrected chi connectivity index (χ1v) is 7.80. The third-order valence-electron chi connectivity index (χ3n) is 3.79. The number of imidazole rings is 1. The van der Waals surface area contributed by atoms with Crippen LogP contribution in [0.5, 0.6) is 0 Å². The Balaban J connectivity index is 1.72. The summed E-state index contributed by atoms with van der Waals surface area (Å²) >= 11 is 0. The summed E-state index contributed by atoms with van der Waals surface area (Å²) in [6, 6.07) is 11.2. The average molecular weight is 321 g/mol. The summed E-state index contributed by atoms with van der Waals surface area (Å²) in [5.41, 5.74) is 2.23. The van der Waals surface area contributed by atoms with E-state index in [9.17, 15) is 4.79 Å². The summed E-state index contributed by atoms with van der Waals surface area (Å²) in [5, 5.41) is 10.9. The highest BCUT2D eigenvalue weighted by Gasteiger charge is 2.10. The molecule has 6 nitrogen and oxygen atoms in total. The topological polar surface area (TPSA) is 72.7 Å². The fourth-order valence-electron chi connectivity index (χ4n) is 2.34. The van der Waals surface area contributed by atoms with Gasteiger partial charge in [-0.15, -0.1) is 10.2 Å². The number of benzene rings is 1. The van der Waals surface area contributed by atoms with E-state index in [-0.39, 0.29) is 11.6 Å². The van der Waals surface area contributed by atoms with Gasteiger partial charge in [0.2, 0.25) is 0 Å². The number of carbonyl (C=O) groups excluding carboxylic acids is 1. The third-order valence-corrected chi connectivity index (χ3v) is 3.79. The van der Waals surface area contributed by atoms with Crippen molar-refractivity contribution in [2.24, 2.45) is 0 Å². The molecule has 0 aliphatic carbocycles. The van der Waals surface area contributed by atoms with Gasteiger partial charge in [0.1, 0.15) is 5.82 Å². The molecular formula is C18H19N5O. The largest absolute Gasteiger partial charge is 0.321 e. The van der Waals surface area contributed by atoms with E-state index in [1.54, 1.807) is 29.1 Å². The maximum Gasteiger partial charge on any atom is 0.276 e. The van der Waals surface area contributed by atoms with Gasteiger partial charge in [-0.1, -0.05) is 26.0 Å². The Morgan fingerprint density at radius 3 is 2.38 bits per heavy atom. The monoisotopic (exact) mass is 321 g/mol. The number of anilines is 1. The summed E-state index contributed by atoms with van der Waals surface area (Å²) in [6.45, 7) is 6.14. The van der Waals surface area contributed by atoms with Crippen LogP contribution in [-0.2, 0) is 0 Å². The molecule has 3 rings (SSSR count). The van der Waals surface area contributed by atoms with Crippen LogP contribution in [0, 0.1) is 6.92 Å². The van der Waals surface area contributed by atoms with Crippen molar-refractivity contribution >= 4 is 11.6 Å². The van der Waals surface area contributed by atoms with Crippen LogP contribution < -0.4 is 5.32 Å². The lowest BCUT2D eigenvalue weighted by atomic mass is 10.0. The molecule has 24 heavy (non-hydrogen) atoms. The molecule has 1 amide bonds. The molecule has 0 unspecified atom stereocenters. The Hall–Kier alpha value is -3.02. The van der Waals surface area contributed by atoms with Gasteiger partial charge in [-0.05, 0) is 42.7 Å². The first kappa shape index (κ1) is 15.9. The number of carbonyl (C=O) groups is 1. The van der Waals surface area contributed by atoms with Gasteiger partial charge >= 0.3 is 0 Å². The molecule has 0 saturated heterocycles. The van der Waals surface area contributed by atoms with Crippen molar-refractivity contribution in [2.75, 3.05) is 5.32 Å². The van der Waals surface area contributed by atoms with Crippen LogP contribution in [0.4, 0.5) is 5.69 Å². The van der Waals surface area contributed by atoms with Gasteiger partial charge in [-0.2, -0.15) is 0 Å². The molecular weight excluding hydrogens is 302 g/mol. The Bertz CT molecular complexity index is 835. The quantitative estimate of drug-likeness (QED) is 0.800. The lowest BCUT2D eigenvalue weighted by molar-refractivity contribution is 0.102. The van der Waals surface area contributed by atoms with Crippen molar-refractivity contribution in [2.45, 2.75) is 26.7 Å². The number of hydrogen-bond acceptors (Lipinski definition) is 4. The number of amides is 1. The number of aromatic nitrogens is 4. The Morgan fingerprint density at radius 1 is 1.08 bits per heavy atom. The van der Waals surface area contributed by atoms with E-state index in [2.05, 4.69) is 34.3 Å². The van der Waals surface area contributed by atoms with Crippen LogP contribution >= 0.6 is 0 Å². The van der Waals surface area contributed by atoms with Crippen molar-refractivity contribution in [1.29, 1.82) is 0 Å². The molecule has 2 heterocycles. The summed E-state index contributed by atoms with van der Waals surface area (Å²) in [4.78, 5) is 16.4. The lowest BCUT2D eigenvalue weighted by Gasteiger charge is -2.08. The van der Waals surface area contributed by atoms with Gasteiger partial charge in [0, 0.05) is 18.1 Å². The average Bonchev–Trinajstić information content (AvgIpc) is 3.01. The molecule has 2 aromatic heterocycles. The second-order valence-corrected chi connectivity index (χ2v) is 5.85. The van der Waals surface area contributed by atoms with E-state index in [0.717, 1.165) is 11.5 Å². The molecule has 0 aliphatic heterocycles. The van der Waals surface area contributed by atoms with Crippen molar-refractivity contribution in [3.05, 3.63) is 65.9 Å². The molecule has 3 aromatic rings. The van der Waals surface area contributed by atoms with Gasteiger partial charge < -0.3 is 5.32 Å². The van der Waals surface area contributed by atoms with Crippen molar-refractivity contribution in [3.8, 4) is 5.82 Å². The van der Waals surface area contributed by atoms with Crippen LogP contribution in [0.15, 0.2) is 48.8 Å². The van der Waals surface area contributed by atoms with E-state index < -0.39 is 0 Å². The molecule has 0 saturated carbocycles. The Labute approximate surface area is 140 Å². The first-order chi connectivity index (χ1) is 11.5. The SMILES string of the molecule is Cc1nccn1-c1ccc(C(=O)Nc2ccc(C(C)C)cc2)nn1. The standard InChI is InChI=1S/C18H19N5O/c1-12(2)14-4-6-15(7-5-14)20-18(24)16-8-9-17(22-21-16)23-11-10-19-13(23)3/h4-12H,1-3H3,(H,20,24). The summed E-state index contributed by atoms with van der Waals surface area (Å²) in [5.74, 6) is 1.61. The molecule has 6 heteroatoms. The van der Waals surface area contributed by atoms with Gasteiger partial charge in [0.05, 0.1) is 0 Å². The normalized spacial score (nSPS) is 10.8. The molecule has 1 aromatic carbocycles. The maximum atomic E-state index is 12.3. The number of rotatable bonds is 4. The first-order valence-electron chi connectivity index (χ1n) is 7.80. The summed E-state index contributed by atoms with van der Waals surface area (Å²) < 4.78 is 1.80. The molecule has 0 atom stereocenters. The molecule has 0 spiro atoms. The highest BCUT2D eigenvalue weighted by atomic mass is 16.1. The van der Waals surface area contributed by atoms with E-state index in [1.165, 1.54) is 5.56 Å². The fourth-order valence-corrected chi connectivity index (χ4v) is 2.34. The van der Waals surface area contributed by atoms with Gasteiger partial charge in [0.25, 0.3) is 5.91 Å². The van der Waals surface area contributed by atoms with Crippen LogP contribution in [0.1, 0.15) is 41.6 Å². The molecule has 0 aliphatic rings. The number of aryl methyl sites for hydroxylation is 1. The molecule has 1 N–H and O–H groups in total. The zero-order chi connectivity index (χ0) is 17.1. The van der Waals surface area contributed by atoms with Crippen molar-refractivity contribution in [3.63, 3.8) is 0 Å². The number of nitrogens with one attached hydrogen (secondary N) is 1. The second kappa shape index (κ2) is 6.62. The summed E-state index contributed by atoms with van der Waals surface area (Å²) in [6.07, 6.45) is 3.49. The van der Waals surface area contributed by atoms with Gasteiger partial charge in [-0.3, -0.25) is 9.36 Å². The molecule has 0 bridgehead atoms. The predicted molar refractivity (Wildman–Crippen MR) is 92.4 cm³/mol. The molecule has 0 radical (unpaired) electrons. The van der Waals surface area contributed by atoms with Crippen LogP contribution in [0.3, 0.4) is 0 Å². The lowest BCUT2D eigenvalue weighted by Crippen LogP contribution is -2.15. The summed E-state index contributed by atoms with van der Waals surface area (Å²) in [7, 11) is 0. The van der Waals surface area contributed by atoms with Gasteiger partial charge in [0.15, 0.2) is 11.5 Å². The van der Waals surface area contributed by atoms with Crippen molar-refractivity contribution < 1.29 is 4.79 Å². The highest BCUT2D eigenvalue weighted by Crippen LogP contribution is 2.17. The van der Waals surface area contributed by atoms with Crippen LogP contribution in [0.25, 0.3) is 5.82 Å². The van der Waals surface area contributed by atoms with E-state index in [0.29, 0.717) is 11.7 Å². The van der Waals surface area contributed by atoms with E-state index in [1.807, 2.05) is 31.2 Å². The fraction of sp³-hybridized carbons (Fsp3) is 0.222. The van der Waals surface area contributed by atoms with E-state index in [4.69, 9.17) is 0 Å². The highest BCUT2D eigenvalue weighted by molar-refractivity contribution is 6.02. The minimum Gasteiger partial charge on any atom is -0.321 e. The minimum atomic E-state index is -0.284. The van der Waals surface area contributed by atoms with E-state index >= 15 is 0 Å². The Kier molecular flexibility index (Phi) is 4.37. The van der Waals surface area contributed by atoms with Crippen LogP contribution in [-0.4, -0.2) is 25.7 Å². The number of nitrogens with zero attached hydrogens (tertiary/aromatic N) is 4. The maximum absolute atomic E-state index is 12.3. The Morgan fingerprint density at radius 2 is 1.83 bits per heavy atom. The zero-order valence-electron chi connectivity index (χ0n) is 13.9. The third kappa shape index (κ3) is 3.32. The minimum absolute atomic E-state index is 0.268.